The van der Waals surface area contributed by atoms with Crippen LogP contribution in [0.2, 0.25) is 0 Å². The summed E-state index contributed by atoms with van der Waals surface area (Å²) in [6, 6.07) is 1.99. The molecule has 7 heteroatoms. The van der Waals surface area contributed by atoms with E-state index >= 15 is 0 Å². The van der Waals surface area contributed by atoms with Gasteiger partial charge in [0.15, 0.2) is 0 Å². The molecule has 124 valence electrons. The highest BCUT2D eigenvalue weighted by atomic mass is 16.4. The second-order valence-electron chi connectivity index (χ2n) is 6.78. The summed E-state index contributed by atoms with van der Waals surface area (Å²) in [4.78, 5) is 27.3. The normalized spacial score (nSPS) is 35.0. The van der Waals surface area contributed by atoms with Crippen LogP contribution in [0, 0.1) is 29.1 Å². The van der Waals surface area contributed by atoms with Gasteiger partial charge in [0, 0.05) is 19.0 Å². The Morgan fingerprint density at radius 1 is 1.52 bits per heavy atom. The largest absolute Gasteiger partial charge is 0.477 e. The van der Waals surface area contributed by atoms with Crippen LogP contribution < -0.4 is 0 Å². The van der Waals surface area contributed by atoms with Gasteiger partial charge < -0.3 is 15.1 Å². The molecule has 3 heterocycles. The number of amides is 1. The standard InChI is InChI=1S/C16H21N3O4/c1-8-11(7-18-4-3-10(5-17)6-18)14(16(22)23)19-13(8)12(9(2)20)15(19)21/h8-10,12-13,20H,3-4,6-7H2,1-2H3,(H,22,23). The number of hydrogen-bond donors (Lipinski definition) is 2. The first-order valence-corrected chi connectivity index (χ1v) is 7.96. The number of β-lactam (4-membered cyclic amide) rings is 1. The SMILES string of the molecule is CC(O)C1C(=O)N2C(C(=O)O)=C(CN3CCC(C#N)C3)C(C)C12. The summed E-state index contributed by atoms with van der Waals surface area (Å²) in [5.74, 6) is -2.03. The fourth-order valence-electron chi connectivity index (χ4n) is 4.18. The van der Waals surface area contributed by atoms with Crippen LogP contribution in [0.25, 0.3) is 0 Å². The molecule has 0 aromatic rings. The van der Waals surface area contributed by atoms with Crippen LogP contribution in [0.1, 0.15) is 20.3 Å². The zero-order valence-electron chi connectivity index (χ0n) is 13.3. The van der Waals surface area contributed by atoms with Crippen LogP contribution in [0.3, 0.4) is 0 Å². The highest BCUT2D eigenvalue weighted by molar-refractivity contribution is 6.00. The van der Waals surface area contributed by atoms with Gasteiger partial charge in [-0.05, 0) is 25.5 Å². The lowest BCUT2D eigenvalue weighted by Gasteiger charge is -2.46. The first-order chi connectivity index (χ1) is 10.9. The fourth-order valence-corrected chi connectivity index (χ4v) is 4.18. The van der Waals surface area contributed by atoms with Crippen molar-refractivity contribution < 1.29 is 19.8 Å². The highest BCUT2D eigenvalue weighted by Gasteiger charge is 2.59. The molecule has 2 fully saturated rings. The summed E-state index contributed by atoms with van der Waals surface area (Å²) < 4.78 is 0. The van der Waals surface area contributed by atoms with E-state index in [0.29, 0.717) is 13.1 Å². The molecule has 0 aliphatic carbocycles. The van der Waals surface area contributed by atoms with E-state index in [1.807, 2.05) is 6.92 Å². The first-order valence-electron chi connectivity index (χ1n) is 7.96. The zero-order chi connectivity index (χ0) is 16.9. The number of carboxylic acids is 1. The molecule has 0 radical (unpaired) electrons. The van der Waals surface area contributed by atoms with Crippen molar-refractivity contribution in [2.24, 2.45) is 17.8 Å². The van der Waals surface area contributed by atoms with Gasteiger partial charge in [-0.3, -0.25) is 9.69 Å². The van der Waals surface area contributed by atoms with Gasteiger partial charge in [-0.1, -0.05) is 6.92 Å². The van der Waals surface area contributed by atoms with Gasteiger partial charge in [0.1, 0.15) is 5.70 Å². The van der Waals surface area contributed by atoms with E-state index in [-0.39, 0.29) is 29.5 Å². The van der Waals surface area contributed by atoms with Gasteiger partial charge in [0.25, 0.3) is 0 Å². The molecule has 7 nitrogen and oxygen atoms in total. The Balaban J connectivity index is 1.85. The average Bonchev–Trinajstić information content (AvgIpc) is 3.02. The lowest BCUT2D eigenvalue weighted by Crippen LogP contribution is -2.63. The van der Waals surface area contributed by atoms with Crippen molar-refractivity contribution in [2.45, 2.75) is 32.4 Å². The van der Waals surface area contributed by atoms with E-state index in [0.717, 1.165) is 18.5 Å². The quantitative estimate of drug-likeness (QED) is 0.708. The molecule has 0 saturated carbocycles. The Kier molecular flexibility index (Phi) is 3.90. The molecule has 1 amide bonds. The molecule has 3 rings (SSSR count). The van der Waals surface area contributed by atoms with Crippen LogP contribution in [-0.4, -0.2) is 63.7 Å². The number of nitriles is 1. The topological polar surface area (TPSA) is 105 Å². The fraction of sp³-hybridized carbons (Fsp3) is 0.688. The predicted molar refractivity (Wildman–Crippen MR) is 79.8 cm³/mol. The lowest BCUT2D eigenvalue weighted by molar-refractivity contribution is -0.163. The van der Waals surface area contributed by atoms with E-state index in [1.165, 1.54) is 4.90 Å². The molecule has 2 N–H and O–H groups in total. The van der Waals surface area contributed by atoms with Crippen molar-refractivity contribution in [2.75, 3.05) is 19.6 Å². The maximum atomic E-state index is 12.2. The number of carboxylic acid groups (broad SMARTS) is 1. The second-order valence-corrected chi connectivity index (χ2v) is 6.78. The van der Waals surface area contributed by atoms with Gasteiger partial charge in [0.2, 0.25) is 5.91 Å². The van der Waals surface area contributed by atoms with E-state index in [9.17, 15) is 19.8 Å². The van der Waals surface area contributed by atoms with Crippen molar-refractivity contribution in [1.29, 1.82) is 5.26 Å². The van der Waals surface area contributed by atoms with Gasteiger partial charge in [-0.15, -0.1) is 0 Å². The second kappa shape index (κ2) is 5.62. The van der Waals surface area contributed by atoms with Crippen molar-refractivity contribution in [3.05, 3.63) is 11.3 Å². The van der Waals surface area contributed by atoms with Crippen molar-refractivity contribution in [1.82, 2.24) is 9.80 Å². The zero-order valence-corrected chi connectivity index (χ0v) is 13.3. The summed E-state index contributed by atoms with van der Waals surface area (Å²) in [5.41, 5.74) is 0.808. The molecule has 5 unspecified atom stereocenters. The maximum Gasteiger partial charge on any atom is 0.352 e. The molecule has 0 aromatic heterocycles. The molecular weight excluding hydrogens is 298 g/mol. The van der Waals surface area contributed by atoms with Crippen LogP contribution >= 0.6 is 0 Å². The average molecular weight is 319 g/mol. The summed E-state index contributed by atoms with van der Waals surface area (Å²) in [7, 11) is 0. The predicted octanol–water partition coefficient (Wildman–Crippen LogP) is 0.0281. The third-order valence-corrected chi connectivity index (χ3v) is 5.37. The van der Waals surface area contributed by atoms with Gasteiger partial charge in [-0.25, -0.2) is 4.79 Å². The number of aliphatic hydroxyl groups is 1. The minimum Gasteiger partial charge on any atom is -0.477 e. The Hall–Kier alpha value is -1.91. The highest BCUT2D eigenvalue weighted by Crippen LogP contribution is 2.47. The first kappa shape index (κ1) is 16.0. The number of likely N-dealkylation sites (tertiary alicyclic amines) is 1. The minimum atomic E-state index is -1.09. The van der Waals surface area contributed by atoms with Crippen LogP contribution in [-0.2, 0) is 9.59 Å². The van der Waals surface area contributed by atoms with E-state index in [1.54, 1.807) is 6.92 Å². The molecule has 0 aromatic carbocycles. The maximum absolute atomic E-state index is 12.2. The third kappa shape index (κ3) is 2.33. The third-order valence-electron chi connectivity index (χ3n) is 5.37. The molecular formula is C16H21N3O4. The van der Waals surface area contributed by atoms with Crippen molar-refractivity contribution in [3.8, 4) is 6.07 Å². The number of carbonyl (C=O) groups is 2. The van der Waals surface area contributed by atoms with E-state index in [2.05, 4.69) is 11.0 Å². The van der Waals surface area contributed by atoms with Crippen LogP contribution in [0.5, 0.6) is 0 Å². The summed E-state index contributed by atoms with van der Waals surface area (Å²) >= 11 is 0. The van der Waals surface area contributed by atoms with Crippen molar-refractivity contribution in [3.63, 3.8) is 0 Å². The minimum absolute atomic E-state index is 0.00976. The van der Waals surface area contributed by atoms with Gasteiger partial charge in [-0.2, -0.15) is 5.26 Å². The Morgan fingerprint density at radius 2 is 2.22 bits per heavy atom. The summed E-state index contributed by atoms with van der Waals surface area (Å²) in [6.45, 7) is 5.36. The summed E-state index contributed by atoms with van der Waals surface area (Å²) in [6.07, 6.45) is 0.0125. The number of hydrogen-bond acceptors (Lipinski definition) is 5. The monoisotopic (exact) mass is 319 g/mol. The molecule has 2 saturated heterocycles. The molecule has 0 bridgehead atoms. The van der Waals surface area contributed by atoms with Crippen LogP contribution in [0.15, 0.2) is 11.3 Å². The summed E-state index contributed by atoms with van der Waals surface area (Å²) in [5, 5.41) is 28.4. The van der Waals surface area contributed by atoms with Crippen molar-refractivity contribution >= 4 is 11.9 Å². The van der Waals surface area contributed by atoms with Gasteiger partial charge in [0.05, 0.1) is 30.1 Å². The van der Waals surface area contributed by atoms with Gasteiger partial charge >= 0.3 is 5.97 Å². The molecule has 23 heavy (non-hydrogen) atoms. The molecule has 5 atom stereocenters. The number of nitrogens with zero attached hydrogens (tertiary/aromatic N) is 3. The Labute approximate surface area is 134 Å². The number of rotatable bonds is 4. The number of aliphatic carboxylic acids is 1. The number of carbonyl (C=O) groups excluding carboxylic acids is 1. The Bertz CT molecular complexity index is 621. The molecule has 0 spiro atoms. The Morgan fingerprint density at radius 3 is 2.74 bits per heavy atom. The van der Waals surface area contributed by atoms with Crippen LogP contribution in [0.4, 0.5) is 0 Å². The smallest absolute Gasteiger partial charge is 0.352 e. The molecule has 3 aliphatic heterocycles. The number of aliphatic hydroxyl groups excluding tert-OH is 1. The number of fused-ring (bicyclic) bond motifs is 1. The molecule has 3 aliphatic rings. The van der Waals surface area contributed by atoms with E-state index in [4.69, 9.17) is 5.26 Å². The lowest BCUT2D eigenvalue weighted by atomic mass is 9.77. The van der Waals surface area contributed by atoms with E-state index < -0.39 is 18.0 Å².